The van der Waals surface area contributed by atoms with Crippen molar-refractivity contribution < 1.29 is 4.79 Å². The Labute approximate surface area is 112 Å². The van der Waals surface area contributed by atoms with E-state index >= 15 is 0 Å². The van der Waals surface area contributed by atoms with Gasteiger partial charge in [0.15, 0.2) is 0 Å². The summed E-state index contributed by atoms with van der Waals surface area (Å²) in [5, 5.41) is 5.76. The SMILES string of the molecule is CNc1ccc(NC(=O)Cc2ccc(C)cc2)cn1. The van der Waals surface area contributed by atoms with Crippen LogP contribution in [0.2, 0.25) is 0 Å². The summed E-state index contributed by atoms with van der Waals surface area (Å²) in [5.41, 5.74) is 2.90. The number of benzene rings is 1. The van der Waals surface area contributed by atoms with E-state index in [1.807, 2.05) is 43.3 Å². The van der Waals surface area contributed by atoms with Gasteiger partial charge in [-0.15, -0.1) is 0 Å². The number of amides is 1. The molecule has 1 aromatic carbocycles. The molecule has 0 aliphatic rings. The highest BCUT2D eigenvalue weighted by atomic mass is 16.1. The molecule has 19 heavy (non-hydrogen) atoms. The number of hydrogen-bond acceptors (Lipinski definition) is 3. The Morgan fingerprint density at radius 2 is 1.89 bits per heavy atom. The van der Waals surface area contributed by atoms with Crippen LogP contribution in [0.3, 0.4) is 0 Å². The quantitative estimate of drug-likeness (QED) is 0.883. The Balaban J connectivity index is 1.95. The molecule has 0 bridgehead atoms. The normalized spacial score (nSPS) is 10.0. The van der Waals surface area contributed by atoms with Gasteiger partial charge >= 0.3 is 0 Å². The number of aromatic nitrogens is 1. The van der Waals surface area contributed by atoms with Gasteiger partial charge < -0.3 is 10.6 Å². The molecule has 4 heteroatoms. The van der Waals surface area contributed by atoms with Crippen LogP contribution < -0.4 is 10.6 Å². The number of anilines is 2. The third kappa shape index (κ3) is 3.81. The fourth-order valence-electron chi connectivity index (χ4n) is 1.71. The summed E-state index contributed by atoms with van der Waals surface area (Å²) in [5.74, 6) is 0.736. The fourth-order valence-corrected chi connectivity index (χ4v) is 1.71. The van der Waals surface area contributed by atoms with E-state index < -0.39 is 0 Å². The maximum atomic E-state index is 11.9. The maximum absolute atomic E-state index is 11.9. The van der Waals surface area contributed by atoms with Crippen molar-refractivity contribution in [3.8, 4) is 0 Å². The summed E-state index contributed by atoms with van der Waals surface area (Å²) >= 11 is 0. The van der Waals surface area contributed by atoms with E-state index in [-0.39, 0.29) is 5.91 Å². The van der Waals surface area contributed by atoms with Gasteiger partial charge in [-0.1, -0.05) is 29.8 Å². The van der Waals surface area contributed by atoms with Gasteiger partial charge in [0, 0.05) is 7.05 Å². The number of nitrogens with zero attached hydrogens (tertiary/aromatic N) is 1. The molecule has 98 valence electrons. The molecule has 0 spiro atoms. The summed E-state index contributed by atoms with van der Waals surface area (Å²) in [6.45, 7) is 2.03. The number of hydrogen-bond donors (Lipinski definition) is 2. The van der Waals surface area contributed by atoms with Gasteiger partial charge in [0.25, 0.3) is 0 Å². The predicted molar refractivity (Wildman–Crippen MR) is 77.3 cm³/mol. The first-order valence-electron chi connectivity index (χ1n) is 6.16. The number of rotatable bonds is 4. The number of aryl methyl sites for hydroxylation is 1. The van der Waals surface area contributed by atoms with E-state index in [2.05, 4.69) is 15.6 Å². The Bertz CT molecular complexity index is 547. The topological polar surface area (TPSA) is 54.0 Å². The molecule has 0 saturated carbocycles. The van der Waals surface area contributed by atoms with Crippen LogP contribution in [0.15, 0.2) is 42.6 Å². The second kappa shape index (κ2) is 6.00. The molecule has 2 aromatic rings. The Morgan fingerprint density at radius 1 is 1.16 bits per heavy atom. The van der Waals surface area contributed by atoms with Crippen LogP contribution in [-0.2, 0) is 11.2 Å². The zero-order valence-electron chi connectivity index (χ0n) is 11.1. The van der Waals surface area contributed by atoms with Crippen LogP contribution in [0, 0.1) is 6.92 Å². The highest BCUT2D eigenvalue weighted by molar-refractivity contribution is 5.92. The average Bonchev–Trinajstić information content (AvgIpc) is 2.42. The van der Waals surface area contributed by atoms with E-state index in [1.54, 1.807) is 13.2 Å². The lowest BCUT2D eigenvalue weighted by Gasteiger charge is -2.06. The highest BCUT2D eigenvalue weighted by Crippen LogP contribution is 2.10. The van der Waals surface area contributed by atoms with Crippen molar-refractivity contribution in [1.29, 1.82) is 0 Å². The molecule has 0 fully saturated rings. The largest absolute Gasteiger partial charge is 0.373 e. The molecule has 0 saturated heterocycles. The summed E-state index contributed by atoms with van der Waals surface area (Å²) in [4.78, 5) is 16.0. The van der Waals surface area contributed by atoms with E-state index in [0.717, 1.165) is 11.4 Å². The lowest BCUT2D eigenvalue weighted by molar-refractivity contribution is -0.115. The van der Waals surface area contributed by atoms with Gasteiger partial charge in [-0.25, -0.2) is 4.98 Å². The van der Waals surface area contributed by atoms with Crippen molar-refractivity contribution in [2.75, 3.05) is 17.7 Å². The Kier molecular flexibility index (Phi) is 4.13. The van der Waals surface area contributed by atoms with Crippen molar-refractivity contribution in [2.24, 2.45) is 0 Å². The third-order valence-corrected chi connectivity index (χ3v) is 2.79. The Morgan fingerprint density at radius 3 is 2.47 bits per heavy atom. The molecule has 0 radical (unpaired) electrons. The van der Waals surface area contributed by atoms with Crippen LogP contribution in [0.4, 0.5) is 11.5 Å². The maximum Gasteiger partial charge on any atom is 0.228 e. The van der Waals surface area contributed by atoms with Crippen molar-refractivity contribution >= 4 is 17.4 Å². The Hall–Kier alpha value is -2.36. The molecule has 0 aliphatic heterocycles. The van der Waals surface area contributed by atoms with Gasteiger partial charge in [0.1, 0.15) is 5.82 Å². The minimum atomic E-state index is -0.0390. The second-order valence-corrected chi connectivity index (χ2v) is 4.39. The number of carbonyl (C=O) groups excluding carboxylic acids is 1. The summed E-state index contributed by atoms with van der Waals surface area (Å²) in [6.07, 6.45) is 2.01. The highest BCUT2D eigenvalue weighted by Gasteiger charge is 2.04. The van der Waals surface area contributed by atoms with Crippen LogP contribution in [-0.4, -0.2) is 17.9 Å². The molecule has 2 rings (SSSR count). The minimum absolute atomic E-state index is 0.0390. The lowest BCUT2D eigenvalue weighted by atomic mass is 10.1. The standard InChI is InChI=1S/C15H17N3O/c1-11-3-5-12(6-4-11)9-15(19)18-13-7-8-14(16-2)17-10-13/h3-8,10H,9H2,1-2H3,(H,16,17)(H,18,19). The fraction of sp³-hybridized carbons (Fsp3) is 0.200. The van der Waals surface area contributed by atoms with Gasteiger partial charge in [-0.05, 0) is 24.6 Å². The number of pyridine rings is 1. The van der Waals surface area contributed by atoms with E-state index in [1.165, 1.54) is 5.56 Å². The summed E-state index contributed by atoms with van der Waals surface area (Å²) in [7, 11) is 1.80. The van der Waals surface area contributed by atoms with Crippen molar-refractivity contribution in [2.45, 2.75) is 13.3 Å². The third-order valence-electron chi connectivity index (χ3n) is 2.79. The molecular weight excluding hydrogens is 238 g/mol. The van der Waals surface area contributed by atoms with Gasteiger partial charge in [-0.3, -0.25) is 4.79 Å². The second-order valence-electron chi connectivity index (χ2n) is 4.39. The van der Waals surface area contributed by atoms with Crippen LogP contribution >= 0.6 is 0 Å². The molecule has 2 N–H and O–H groups in total. The molecule has 0 atom stereocenters. The van der Waals surface area contributed by atoms with E-state index in [0.29, 0.717) is 12.1 Å². The van der Waals surface area contributed by atoms with Gasteiger partial charge in [-0.2, -0.15) is 0 Å². The summed E-state index contributed by atoms with van der Waals surface area (Å²) in [6, 6.07) is 11.6. The zero-order valence-corrected chi connectivity index (χ0v) is 11.1. The molecule has 4 nitrogen and oxygen atoms in total. The summed E-state index contributed by atoms with van der Waals surface area (Å²) < 4.78 is 0. The molecule has 0 unspecified atom stereocenters. The first-order valence-corrected chi connectivity index (χ1v) is 6.16. The van der Waals surface area contributed by atoms with Crippen LogP contribution in [0.5, 0.6) is 0 Å². The number of carbonyl (C=O) groups is 1. The molecule has 1 aromatic heterocycles. The molecule has 0 aliphatic carbocycles. The van der Waals surface area contributed by atoms with Crippen molar-refractivity contribution in [3.05, 3.63) is 53.7 Å². The first kappa shape index (κ1) is 13.1. The molecule has 1 amide bonds. The smallest absolute Gasteiger partial charge is 0.228 e. The monoisotopic (exact) mass is 255 g/mol. The predicted octanol–water partition coefficient (Wildman–Crippen LogP) is 2.61. The van der Waals surface area contributed by atoms with E-state index in [9.17, 15) is 4.79 Å². The molecular formula is C15H17N3O. The lowest BCUT2D eigenvalue weighted by Crippen LogP contribution is -2.14. The zero-order chi connectivity index (χ0) is 13.7. The van der Waals surface area contributed by atoms with Gasteiger partial charge in [0.2, 0.25) is 5.91 Å². The average molecular weight is 255 g/mol. The van der Waals surface area contributed by atoms with Crippen molar-refractivity contribution in [1.82, 2.24) is 4.98 Å². The van der Waals surface area contributed by atoms with Crippen LogP contribution in [0.25, 0.3) is 0 Å². The minimum Gasteiger partial charge on any atom is -0.373 e. The molecule has 1 heterocycles. The number of nitrogens with one attached hydrogen (secondary N) is 2. The van der Waals surface area contributed by atoms with Crippen molar-refractivity contribution in [3.63, 3.8) is 0 Å². The van der Waals surface area contributed by atoms with Gasteiger partial charge in [0.05, 0.1) is 18.3 Å². The first-order chi connectivity index (χ1) is 9.17. The van der Waals surface area contributed by atoms with Crippen LogP contribution in [0.1, 0.15) is 11.1 Å². The van der Waals surface area contributed by atoms with E-state index in [4.69, 9.17) is 0 Å².